The van der Waals surface area contributed by atoms with E-state index < -0.39 is 24.1 Å². The Kier molecular flexibility index (Phi) is 6.23. The molecule has 0 saturated heterocycles. The van der Waals surface area contributed by atoms with Gasteiger partial charge in [0.25, 0.3) is 0 Å². The number of ketones is 1. The van der Waals surface area contributed by atoms with Gasteiger partial charge in [0.2, 0.25) is 0 Å². The van der Waals surface area contributed by atoms with Gasteiger partial charge in [0.15, 0.2) is 11.5 Å². The molecule has 5 nitrogen and oxygen atoms in total. The van der Waals surface area contributed by atoms with Crippen LogP contribution in [0.25, 0.3) is 0 Å². The molecule has 0 radical (unpaired) electrons. The Morgan fingerprint density at radius 1 is 1.11 bits per heavy atom. The number of carboxylic acid groups (broad SMARTS) is 1. The van der Waals surface area contributed by atoms with Gasteiger partial charge in [0.05, 0.1) is 7.14 Å². The number of hydrogen-bond donors (Lipinski definition) is 0. The molecule has 0 bridgehead atoms. The summed E-state index contributed by atoms with van der Waals surface area (Å²) in [5.74, 6) is -3.77. The number of benzene rings is 1. The summed E-state index contributed by atoms with van der Waals surface area (Å²) in [4.78, 5) is 32.4. The lowest BCUT2D eigenvalue weighted by Gasteiger charge is -2.09. The molecule has 0 fully saturated rings. The highest BCUT2D eigenvalue weighted by Gasteiger charge is 2.16. The minimum Gasteiger partial charge on any atom is -0.542 e. The van der Waals surface area contributed by atoms with Gasteiger partial charge < -0.3 is 14.6 Å². The molecule has 0 aliphatic carbocycles. The Bertz CT molecular complexity index is 503. The molecule has 18 heavy (non-hydrogen) atoms. The van der Waals surface area contributed by atoms with E-state index in [1.165, 1.54) is 0 Å². The summed E-state index contributed by atoms with van der Waals surface area (Å²) < 4.78 is 7.37. The Morgan fingerprint density at radius 2 is 1.61 bits per heavy atom. The number of hydrogen-bond acceptors (Lipinski definition) is 5. The highest BCUT2D eigenvalue weighted by atomic mass is 127. The van der Waals surface area contributed by atoms with Crippen molar-refractivity contribution in [1.29, 1.82) is 0 Å². The largest absolute Gasteiger partial charge is 0.542 e. The molecule has 0 N–H and O–H groups in total. The fraction of sp³-hybridized carbons (Fsp3) is 0.100. The SMILES string of the molecule is O=C(CC(=O)C(=O)[O-])Oc1c(I)cc(I)cc1I. The first-order chi connectivity index (χ1) is 8.31. The first-order valence-electron chi connectivity index (χ1n) is 4.40. The van der Waals surface area contributed by atoms with Crippen LogP contribution in [0.15, 0.2) is 12.1 Å². The molecular weight excluding hydrogens is 581 g/mol. The number of esters is 1. The fourth-order valence-corrected chi connectivity index (χ4v) is 4.78. The van der Waals surface area contributed by atoms with Crippen LogP contribution in [0.3, 0.4) is 0 Å². The highest BCUT2D eigenvalue weighted by molar-refractivity contribution is 14.1. The number of ether oxygens (including phenoxy) is 1. The molecule has 0 spiro atoms. The molecule has 1 aromatic rings. The van der Waals surface area contributed by atoms with Gasteiger partial charge in [-0.25, -0.2) is 0 Å². The van der Waals surface area contributed by atoms with E-state index in [2.05, 4.69) is 22.6 Å². The average Bonchev–Trinajstić information content (AvgIpc) is 2.23. The molecule has 0 atom stereocenters. The smallest absolute Gasteiger partial charge is 0.319 e. The van der Waals surface area contributed by atoms with E-state index >= 15 is 0 Å². The van der Waals surface area contributed by atoms with E-state index in [1.807, 2.05) is 45.2 Å². The highest BCUT2D eigenvalue weighted by Crippen LogP contribution is 2.29. The van der Waals surface area contributed by atoms with E-state index in [0.717, 1.165) is 3.57 Å². The molecule has 96 valence electrons. The molecule has 0 heterocycles. The Balaban J connectivity index is 2.83. The summed E-state index contributed by atoms with van der Waals surface area (Å²) >= 11 is 6.10. The number of carbonyl (C=O) groups excluding carboxylic acids is 3. The van der Waals surface area contributed by atoms with Crippen molar-refractivity contribution in [3.05, 3.63) is 22.8 Å². The van der Waals surface area contributed by atoms with E-state index in [-0.39, 0.29) is 0 Å². The molecule has 1 aromatic carbocycles. The molecule has 0 aliphatic heterocycles. The van der Waals surface area contributed by atoms with Gasteiger partial charge in [0, 0.05) is 3.57 Å². The Hall–Kier alpha value is 0.0200. The standard InChI is InChI=1S/C10H5I3O5/c11-4-1-5(12)9(6(13)2-4)18-8(15)3-7(14)10(16)17/h1-2H,3H2,(H,16,17)/p-1. The van der Waals surface area contributed by atoms with E-state index in [0.29, 0.717) is 12.9 Å². The molecule has 1 rings (SSSR count). The molecule has 0 saturated carbocycles. The normalized spacial score (nSPS) is 9.94. The molecular formula is C10H4I3O5-. The van der Waals surface area contributed by atoms with Gasteiger partial charge in [-0.3, -0.25) is 9.59 Å². The average molecular weight is 585 g/mol. The molecule has 0 amide bonds. The van der Waals surface area contributed by atoms with Crippen LogP contribution in [0.1, 0.15) is 6.42 Å². The Morgan fingerprint density at radius 3 is 2.06 bits per heavy atom. The monoisotopic (exact) mass is 585 g/mol. The van der Waals surface area contributed by atoms with Crippen LogP contribution >= 0.6 is 67.8 Å². The maximum Gasteiger partial charge on any atom is 0.319 e. The minimum absolute atomic E-state index is 0.327. The summed E-state index contributed by atoms with van der Waals surface area (Å²) in [6.45, 7) is 0. The number of carboxylic acids is 1. The van der Waals surface area contributed by atoms with Crippen LogP contribution in [-0.2, 0) is 14.4 Å². The summed E-state index contributed by atoms with van der Waals surface area (Å²) in [5, 5.41) is 10.2. The van der Waals surface area contributed by atoms with Crippen LogP contribution in [0.5, 0.6) is 5.75 Å². The topological polar surface area (TPSA) is 83.5 Å². The van der Waals surface area contributed by atoms with Crippen molar-refractivity contribution in [1.82, 2.24) is 0 Å². The third kappa shape index (κ3) is 4.60. The van der Waals surface area contributed by atoms with Crippen molar-refractivity contribution in [2.24, 2.45) is 0 Å². The van der Waals surface area contributed by atoms with Crippen molar-refractivity contribution in [2.45, 2.75) is 6.42 Å². The Labute approximate surface area is 143 Å². The summed E-state index contributed by atoms with van der Waals surface area (Å²) in [6, 6.07) is 3.60. The third-order valence-corrected chi connectivity index (χ3v) is 3.94. The van der Waals surface area contributed by atoms with Crippen molar-refractivity contribution in [3.8, 4) is 5.75 Å². The van der Waals surface area contributed by atoms with Crippen molar-refractivity contribution < 1.29 is 24.2 Å². The number of Topliss-reactive ketones (excluding diaryl/α,β-unsaturated/α-hetero) is 1. The number of aliphatic carboxylic acids is 1. The number of carbonyl (C=O) groups is 3. The molecule has 0 unspecified atom stereocenters. The second-order valence-corrected chi connectivity index (χ2v) is 6.63. The predicted octanol–water partition coefficient (Wildman–Crippen LogP) is 1.11. The van der Waals surface area contributed by atoms with Crippen LogP contribution in [0.2, 0.25) is 0 Å². The van der Waals surface area contributed by atoms with Crippen LogP contribution in [0.4, 0.5) is 0 Å². The summed E-state index contributed by atoms with van der Waals surface area (Å²) in [7, 11) is 0. The van der Waals surface area contributed by atoms with Crippen LogP contribution < -0.4 is 9.84 Å². The lowest BCUT2D eigenvalue weighted by Crippen LogP contribution is -2.33. The fourth-order valence-electron chi connectivity index (χ4n) is 0.980. The van der Waals surface area contributed by atoms with Crippen molar-refractivity contribution in [3.63, 3.8) is 0 Å². The first kappa shape index (κ1) is 16.1. The molecule has 0 aliphatic rings. The zero-order valence-corrected chi connectivity index (χ0v) is 15.0. The van der Waals surface area contributed by atoms with Gasteiger partial charge in [-0.2, -0.15) is 0 Å². The quantitative estimate of drug-likeness (QED) is 0.174. The second-order valence-electron chi connectivity index (χ2n) is 3.06. The van der Waals surface area contributed by atoms with Gasteiger partial charge in [-0.15, -0.1) is 0 Å². The zero-order valence-electron chi connectivity index (χ0n) is 8.54. The summed E-state index contributed by atoms with van der Waals surface area (Å²) in [5.41, 5.74) is 0. The second kappa shape index (κ2) is 6.98. The predicted molar refractivity (Wildman–Crippen MR) is 84.9 cm³/mol. The number of rotatable bonds is 4. The van der Waals surface area contributed by atoms with Gasteiger partial charge >= 0.3 is 5.97 Å². The maximum absolute atomic E-state index is 11.4. The summed E-state index contributed by atoms with van der Waals surface area (Å²) in [6.07, 6.45) is -0.833. The lowest BCUT2D eigenvalue weighted by atomic mass is 10.3. The zero-order chi connectivity index (χ0) is 13.9. The van der Waals surface area contributed by atoms with Gasteiger partial charge in [-0.05, 0) is 79.9 Å². The van der Waals surface area contributed by atoms with E-state index in [9.17, 15) is 19.5 Å². The van der Waals surface area contributed by atoms with Gasteiger partial charge in [-0.1, -0.05) is 0 Å². The van der Waals surface area contributed by atoms with Crippen molar-refractivity contribution >= 4 is 85.5 Å². The molecule has 8 heteroatoms. The minimum atomic E-state index is -1.89. The maximum atomic E-state index is 11.4. The van der Waals surface area contributed by atoms with E-state index in [1.54, 1.807) is 12.1 Å². The third-order valence-electron chi connectivity index (χ3n) is 1.71. The van der Waals surface area contributed by atoms with Crippen molar-refractivity contribution in [2.75, 3.05) is 0 Å². The van der Waals surface area contributed by atoms with Crippen LogP contribution in [-0.4, -0.2) is 17.7 Å². The van der Waals surface area contributed by atoms with E-state index in [4.69, 9.17) is 4.74 Å². The van der Waals surface area contributed by atoms with Gasteiger partial charge in [0.1, 0.15) is 12.4 Å². The molecule has 0 aromatic heterocycles. The lowest BCUT2D eigenvalue weighted by molar-refractivity contribution is -0.300. The van der Waals surface area contributed by atoms with Crippen LogP contribution in [0, 0.1) is 10.7 Å². The number of halogens is 3. The first-order valence-corrected chi connectivity index (χ1v) is 7.64.